The zero-order valence-corrected chi connectivity index (χ0v) is 14.4. The molecule has 3 rings (SSSR count). The van der Waals surface area contributed by atoms with E-state index in [1.807, 2.05) is 0 Å². The monoisotopic (exact) mass is 293 g/mol. The molecule has 1 N–H and O–H groups in total. The molecular formula is C21H27N. The van der Waals surface area contributed by atoms with E-state index < -0.39 is 0 Å². The Hall–Kier alpha value is -1.76. The molecule has 0 saturated heterocycles. The largest absolute Gasteiger partial charge is 0.377 e. The first-order valence-electron chi connectivity index (χ1n) is 8.35. The lowest BCUT2D eigenvalue weighted by atomic mass is 9.86. The normalized spacial score (nSPS) is 17.5. The highest BCUT2D eigenvalue weighted by Gasteiger charge is 2.25. The Morgan fingerprint density at radius 1 is 1.00 bits per heavy atom. The van der Waals surface area contributed by atoms with Gasteiger partial charge in [0.15, 0.2) is 0 Å². The first-order valence-corrected chi connectivity index (χ1v) is 8.35. The van der Waals surface area contributed by atoms with Crippen LogP contribution in [0, 0.1) is 0 Å². The number of anilines is 1. The van der Waals surface area contributed by atoms with Crippen LogP contribution in [0.2, 0.25) is 0 Å². The molecule has 1 aliphatic rings. The molecule has 1 aliphatic heterocycles. The number of para-hydroxylation sites is 1. The summed E-state index contributed by atoms with van der Waals surface area (Å²) in [7, 11) is 0. The van der Waals surface area contributed by atoms with Gasteiger partial charge < -0.3 is 5.32 Å². The molecule has 2 aromatic carbocycles. The fraction of sp³-hybridized carbons (Fsp3) is 0.429. The minimum atomic E-state index is 0.218. The summed E-state index contributed by atoms with van der Waals surface area (Å²) >= 11 is 0. The predicted molar refractivity (Wildman–Crippen MR) is 95.7 cm³/mol. The van der Waals surface area contributed by atoms with Gasteiger partial charge in [-0.2, -0.15) is 0 Å². The quantitative estimate of drug-likeness (QED) is 0.736. The van der Waals surface area contributed by atoms with Crippen LogP contribution in [0.4, 0.5) is 5.69 Å². The SMILES string of the molecule is CC(C)c1cccc2c1NC(c1ccc(C(C)(C)C)cc1)C2. The highest BCUT2D eigenvalue weighted by Crippen LogP contribution is 2.39. The summed E-state index contributed by atoms with van der Waals surface area (Å²) in [5, 5.41) is 3.76. The van der Waals surface area contributed by atoms with Crippen molar-refractivity contribution in [1.29, 1.82) is 0 Å². The number of fused-ring (bicyclic) bond motifs is 1. The Morgan fingerprint density at radius 3 is 2.27 bits per heavy atom. The van der Waals surface area contributed by atoms with Gasteiger partial charge in [-0.25, -0.2) is 0 Å². The minimum absolute atomic E-state index is 0.218. The summed E-state index contributed by atoms with van der Waals surface area (Å²) in [6.07, 6.45) is 1.09. The molecule has 1 nitrogen and oxygen atoms in total. The molecule has 1 heterocycles. The van der Waals surface area contributed by atoms with Crippen molar-refractivity contribution in [2.75, 3.05) is 5.32 Å². The Labute approximate surface area is 134 Å². The summed E-state index contributed by atoms with van der Waals surface area (Å²) in [5.74, 6) is 0.560. The summed E-state index contributed by atoms with van der Waals surface area (Å²) in [6.45, 7) is 11.3. The van der Waals surface area contributed by atoms with E-state index in [9.17, 15) is 0 Å². The van der Waals surface area contributed by atoms with Gasteiger partial charge in [0, 0.05) is 5.69 Å². The molecule has 0 aromatic heterocycles. The van der Waals surface area contributed by atoms with Crippen molar-refractivity contribution in [2.24, 2.45) is 0 Å². The standard InChI is InChI=1S/C21H27N/c1-14(2)18-8-6-7-16-13-19(22-20(16)18)15-9-11-17(12-10-15)21(3,4)5/h6-12,14,19,22H,13H2,1-5H3. The van der Waals surface area contributed by atoms with Crippen LogP contribution in [-0.2, 0) is 11.8 Å². The molecule has 0 aliphatic carbocycles. The van der Waals surface area contributed by atoms with Crippen molar-refractivity contribution < 1.29 is 0 Å². The molecule has 0 radical (unpaired) electrons. The van der Waals surface area contributed by atoms with Crippen molar-refractivity contribution in [2.45, 2.75) is 58.4 Å². The predicted octanol–water partition coefficient (Wildman–Crippen LogP) is 5.82. The van der Waals surface area contributed by atoms with Crippen molar-refractivity contribution in [3.63, 3.8) is 0 Å². The first-order chi connectivity index (χ1) is 10.4. The van der Waals surface area contributed by atoms with Crippen molar-refractivity contribution in [1.82, 2.24) is 0 Å². The lowest BCUT2D eigenvalue weighted by molar-refractivity contribution is 0.589. The van der Waals surface area contributed by atoms with Crippen LogP contribution >= 0.6 is 0 Å². The minimum Gasteiger partial charge on any atom is -0.377 e. The summed E-state index contributed by atoms with van der Waals surface area (Å²) < 4.78 is 0. The first kappa shape index (κ1) is 15.1. The number of hydrogen-bond acceptors (Lipinski definition) is 1. The molecule has 0 spiro atoms. The molecular weight excluding hydrogens is 266 g/mol. The van der Waals surface area contributed by atoms with Gasteiger partial charge in [-0.3, -0.25) is 0 Å². The maximum absolute atomic E-state index is 3.76. The van der Waals surface area contributed by atoms with Gasteiger partial charge in [-0.15, -0.1) is 0 Å². The highest BCUT2D eigenvalue weighted by molar-refractivity contribution is 5.64. The fourth-order valence-corrected chi connectivity index (χ4v) is 3.31. The van der Waals surface area contributed by atoms with Crippen LogP contribution in [0.25, 0.3) is 0 Å². The second-order valence-corrected chi connectivity index (χ2v) is 7.81. The average molecular weight is 293 g/mol. The maximum atomic E-state index is 3.76. The van der Waals surface area contributed by atoms with Gasteiger partial charge in [0.2, 0.25) is 0 Å². The highest BCUT2D eigenvalue weighted by atomic mass is 15.0. The summed E-state index contributed by atoms with van der Waals surface area (Å²) in [4.78, 5) is 0. The topological polar surface area (TPSA) is 12.0 Å². The van der Waals surface area contributed by atoms with Crippen LogP contribution < -0.4 is 5.32 Å². The van der Waals surface area contributed by atoms with Gasteiger partial charge >= 0.3 is 0 Å². The summed E-state index contributed by atoms with van der Waals surface area (Å²) in [6, 6.07) is 16.3. The van der Waals surface area contributed by atoms with Crippen LogP contribution in [-0.4, -0.2) is 0 Å². The third kappa shape index (κ3) is 2.77. The van der Waals surface area contributed by atoms with E-state index in [1.54, 1.807) is 0 Å². The average Bonchev–Trinajstić information content (AvgIpc) is 2.90. The Bertz CT molecular complexity index is 659. The molecule has 116 valence electrons. The molecule has 2 aromatic rings. The fourth-order valence-electron chi connectivity index (χ4n) is 3.31. The van der Waals surface area contributed by atoms with E-state index >= 15 is 0 Å². The van der Waals surface area contributed by atoms with E-state index in [1.165, 1.54) is 27.9 Å². The van der Waals surface area contributed by atoms with Crippen LogP contribution in [0.5, 0.6) is 0 Å². The molecule has 0 fully saturated rings. The smallest absolute Gasteiger partial charge is 0.0555 e. The van der Waals surface area contributed by atoms with Gasteiger partial charge in [0.1, 0.15) is 0 Å². The van der Waals surface area contributed by atoms with Crippen LogP contribution in [0.15, 0.2) is 42.5 Å². The zero-order valence-electron chi connectivity index (χ0n) is 14.4. The van der Waals surface area contributed by atoms with Gasteiger partial charge in [0.25, 0.3) is 0 Å². The van der Waals surface area contributed by atoms with E-state index in [2.05, 4.69) is 82.4 Å². The number of hydrogen-bond donors (Lipinski definition) is 1. The van der Waals surface area contributed by atoms with E-state index in [0.717, 1.165) is 6.42 Å². The van der Waals surface area contributed by atoms with Crippen molar-refractivity contribution in [3.05, 3.63) is 64.7 Å². The van der Waals surface area contributed by atoms with E-state index in [-0.39, 0.29) is 5.41 Å². The summed E-state index contributed by atoms with van der Waals surface area (Å²) in [5.41, 5.74) is 7.26. The molecule has 1 unspecified atom stereocenters. The molecule has 1 heteroatoms. The number of nitrogens with one attached hydrogen (secondary N) is 1. The van der Waals surface area contributed by atoms with E-state index in [4.69, 9.17) is 0 Å². The third-order valence-corrected chi connectivity index (χ3v) is 4.73. The van der Waals surface area contributed by atoms with Gasteiger partial charge in [-0.05, 0) is 40.0 Å². The number of rotatable bonds is 2. The molecule has 1 atom stereocenters. The third-order valence-electron chi connectivity index (χ3n) is 4.73. The molecule has 0 saturated carbocycles. The number of benzene rings is 2. The molecule has 0 bridgehead atoms. The van der Waals surface area contributed by atoms with Crippen LogP contribution in [0.1, 0.15) is 68.8 Å². The lowest BCUT2D eigenvalue weighted by Crippen LogP contribution is -2.12. The Kier molecular flexibility index (Phi) is 3.76. The van der Waals surface area contributed by atoms with Gasteiger partial charge in [-0.1, -0.05) is 77.1 Å². The maximum Gasteiger partial charge on any atom is 0.0555 e. The van der Waals surface area contributed by atoms with Gasteiger partial charge in [0.05, 0.1) is 6.04 Å². The van der Waals surface area contributed by atoms with Crippen molar-refractivity contribution in [3.8, 4) is 0 Å². The van der Waals surface area contributed by atoms with Crippen molar-refractivity contribution >= 4 is 5.69 Å². The second-order valence-electron chi connectivity index (χ2n) is 7.81. The second kappa shape index (κ2) is 5.46. The molecule has 22 heavy (non-hydrogen) atoms. The molecule has 0 amide bonds. The Morgan fingerprint density at radius 2 is 1.68 bits per heavy atom. The zero-order chi connectivity index (χ0) is 15.9. The van der Waals surface area contributed by atoms with Crippen LogP contribution in [0.3, 0.4) is 0 Å². The lowest BCUT2D eigenvalue weighted by Gasteiger charge is -2.20. The van der Waals surface area contributed by atoms with E-state index in [0.29, 0.717) is 12.0 Å². The Balaban J connectivity index is 1.86.